The van der Waals surface area contributed by atoms with Crippen LogP contribution in [0.25, 0.3) is 22.2 Å². The molecule has 21 heavy (non-hydrogen) atoms. The Morgan fingerprint density at radius 2 is 2.00 bits per heavy atom. The Balaban J connectivity index is 1.96. The number of benzene rings is 2. The van der Waals surface area contributed by atoms with Crippen molar-refractivity contribution in [3.63, 3.8) is 0 Å². The van der Waals surface area contributed by atoms with E-state index in [4.69, 9.17) is 4.74 Å². The molecular formula is C18H15NO2. The third kappa shape index (κ3) is 1.77. The number of carbonyl (C=O) groups excluding carboxylic acids is 1. The summed E-state index contributed by atoms with van der Waals surface area (Å²) in [6.07, 6.45) is 2.04. The van der Waals surface area contributed by atoms with E-state index in [0.29, 0.717) is 5.56 Å². The molecule has 0 atom stereocenters. The van der Waals surface area contributed by atoms with Gasteiger partial charge in [0.15, 0.2) is 0 Å². The number of carbonyl (C=O) groups is 1. The van der Waals surface area contributed by atoms with E-state index >= 15 is 0 Å². The zero-order chi connectivity index (χ0) is 14.4. The van der Waals surface area contributed by atoms with Crippen molar-refractivity contribution in [2.24, 2.45) is 0 Å². The highest BCUT2D eigenvalue weighted by molar-refractivity contribution is 5.98. The molecule has 0 aliphatic heterocycles. The molecule has 1 aliphatic carbocycles. The molecule has 3 nitrogen and oxygen atoms in total. The van der Waals surface area contributed by atoms with Gasteiger partial charge in [-0.25, -0.2) is 4.79 Å². The molecule has 0 spiro atoms. The molecule has 0 amide bonds. The number of aryl methyl sites for hydroxylation is 2. The Morgan fingerprint density at radius 3 is 2.86 bits per heavy atom. The molecule has 0 radical (unpaired) electrons. The first-order valence-electron chi connectivity index (χ1n) is 7.09. The fourth-order valence-electron chi connectivity index (χ4n) is 3.22. The summed E-state index contributed by atoms with van der Waals surface area (Å²) in [5, 5.41) is 1.13. The molecule has 3 heteroatoms. The first kappa shape index (κ1) is 12.2. The highest BCUT2D eigenvalue weighted by Crippen LogP contribution is 2.37. The first-order valence-corrected chi connectivity index (χ1v) is 7.09. The fraction of sp³-hybridized carbons (Fsp3) is 0.167. The molecule has 1 heterocycles. The molecule has 1 aliphatic rings. The lowest BCUT2D eigenvalue weighted by Crippen LogP contribution is -2.03. The number of fused-ring (bicyclic) bond motifs is 5. The number of hydrogen-bond acceptors (Lipinski definition) is 2. The largest absolute Gasteiger partial charge is 0.465 e. The third-order valence-electron chi connectivity index (χ3n) is 4.26. The van der Waals surface area contributed by atoms with Crippen molar-refractivity contribution >= 4 is 16.9 Å². The SMILES string of the molecule is COC(=O)c1ccc2[nH]c3c(c2c1)CCc1ccccc1-3. The molecule has 0 unspecified atom stereocenters. The minimum Gasteiger partial charge on any atom is -0.465 e. The smallest absolute Gasteiger partial charge is 0.337 e. The molecule has 1 N–H and O–H groups in total. The molecule has 4 rings (SSSR count). The van der Waals surface area contributed by atoms with Crippen molar-refractivity contribution in [1.82, 2.24) is 4.98 Å². The van der Waals surface area contributed by atoms with Crippen LogP contribution in [0.3, 0.4) is 0 Å². The van der Waals surface area contributed by atoms with Crippen LogP contribution in [0.5, 0.6) is 0 Å². The number of aromatic amines is 1. The van der Waals surface area contributed by atoms with E-state index in [2.05, 4.69) is 29.2 Å². The van der Waals surface area contributed by atoms with Gasteiger partial charge in [-0.15, -0.1) is 0 Å². The van der Waals surface area contributed by atoms with E-state index in [-0.39, 0.29) is 5.97 Å². The quantitative estimate of drug-likeness (QED) is 0.689. The van der Waals surface area contributed by atoms with Gasteiger partial charge in [0.2, 0.25) is 0 Å². The van der Waals surface area contributed by atoms with Crippen molar-refractivity contribution in [3.8, 4) is 11.3 Å². The van der Waals surface area contributed by atoms with E-state index in [1.165, 1.54) is 29.5 Å². The number of H-pyrrole nitrogens is 1. The van der Waals surface area contributed by atoms with Gasteiger partial charge >= 0.3 is 5.97 Å². The zero-order valence-corrected chi connectivity index (χ0v) is 11.8. The maximum absolute atomic E-state index is 11.7. The fourth-order valence-corrected chi connectivity index (χ4v) is 3.22. The molecule has 2 aromatic carbocycles. The highest BCUT2D eigenvalue weighted by Gasteiger charge is 2.20. The predicted molar refractivity (Wildman–Crippen MR) is 82.5 cm³/mol. The van der Waals surface area contributed by atoms with Gasteiger partial charge < -0.3 is 9.72 Å². The summed E-state index contributed by atoms with van der Waals surface area (Å²) >= 11 is 0. The summed E-state index contributed by atoms with van der Waals surface area (Å²) in [5.41, 5.74) is 6.82. The molecule has 3 aromatic rings. The van der Waals surface area contributed by atoms with Gasteiger partial charge in [-0.05, 0) is 42.2 Å². The average molecular weight is 277 g/mol. The Morgan fingerprint density at radius 1 is 1.14 bits per heavy atom. The second kappa shape index (κ2) is 4.48. The lowest BCUT2D eigenvalue weighted by molar-refractivity contribution is 0.0601. The van der Waals surface area contributed by atoms with Crippen molar-refractivity contribution < 1.29 is 9.53 Å². The summed E-state index contributed by atoms with van der Waals surface area (Å²) in [5.74, 6) is -0.289. The lowest BCUT2D eigenvalue weighted by atomic mass is 9.89. The van der Waals surface area contributed by atoms with Crippen molar-refractivity contribution in [3.05, 3.63) is 59.2 Å². The van der Waals surface area contributed by atoms with Crippen LogP contribution in [-0.2, 0) is 17.6 Å². The molecule has 104 valence electrons. The first-order chi connectivity index (χ1) is 10.3. The normalized spacial score (nSPS) is 12.8. The van der Waals surface area contributed by atoms with Crippen LogP contribution in [0.4, 0.5) is 0 Å². The lowest BCUT2D eigenvalue weighted by Gasteiger charge is -2.16. The average Bonchev–Trinajstić information content (AvgIpc) is 2.92. The number of nitrogens with one attached hydrogen (secondary N) is 1. The molecule has 1 aromatic heterocycles. The second-order valence-corrected chi connectivity index (χ2v) is 5.39. The monoisotopic (exact) mass is 277 g/mol. The van der Waals surface area contributed by atoms with E-state index in [1.54, 1.807) is 0 Å². The van der Waals surface area contributed by atoms with E-state index in [1.807, 2.05) is 18.2 Å². The van der Waals surface area contributed by atoms with Gasteiger partial charge in [0.05, 0.1) is 12.7 Å². The molecule has 0 fully saturated rings. The Hall–Kier alpha value is -2.55. The van der Waals surface area contributed by atoms with Crippen molar-refractivity contribution in [2.75, 3.05) is 7.11 Å². The molecule has 0 saturated carbocycles. The topological polar surface area (TPSA) is 42.1 Å². The second-order valence-electron chi connectivity index (χ2n) is 5.39. The van der Waals surface area contributed by atoms with Crippen LogP contribution in [0.1, 0.15) is 21.5 Å². The van der Waals surface area contributed by atoms with Crippen LogP contribution in [-0.4, -0.2) is 18.1 Å². The Labute approximate surface area is 122 Å². The summed E-state index contributed by atoms with van der Waals surface area (Å²) in [6.45, 7) is 0. The minimum atomic E-state index is -0.289. The maximum atomic E-state index is 11.7. The van der Waals surface area contributed by atoms with Crippen LogP contribution < -0.4 is 0 Å². The number of hydrogen-bond donors (Lipinski definition) is 1. The summed E-state index contributed by atoms with van der Waals surface area (Å²) < 4.78 is 4.81. The number of rotatable bonds is 1. The van der Waals surface area contributed by atoms with Gasteiger partial charge in [0, 0.05) is 22.2 Å². The Kier molecular flexibility index (Phi) is 2.61. The van der Waals surface area contributed by atoms with Crippen LogP contribution in [0.2, 0.25) is 0 Å². The number of esters is 1. The van der Waals surface area contributed by atoms with Gasteiger partial charge in [0.1, 0.15) is 0 Å². The highest BCUT2D eigenvalue weighted by atomic mass is 16.5. The molecule has 0 saturated heterocycles. The third-order valence-corrected chi connectivity index (χ3v) is 4.26. The van der Waals surface area contributed by atoms with Crippen LogP contribution in [0, 0.1) is 0 Å². The Bertz CT molecular complexity index is 861. The van der Waals surface area contributed by atoms with Gasteiger partial charge in [0.25, 0.3) is 0 Å². The summed E-state index contributed by atoms with van der Waals surface area (Å²) in [4.78, 5) is 15.2. The number of ether oxygens (including phenoxy) is 1. The summed E-state index contributed by atoms with van der Waals surface area (Å²) in [7, 11) is 1.41. The van der Waals surface area contributed by atoms with Crippen LogP contribution >= 0.6 is 0 Å². The van der Waals surface area contributed by atoms with Gasteiger partial charge in [-0.3, -0.25) is 0 Å². The van der Waals surface area contributed by atoms with E-state index in [9.17, 15) is 4.79 Å². The number of aromatic nitrogens is 1. The van der Waals surface area contributed by atoms with E-state index < -0.39 is 0 Å². The van der Waals surface area contributed by atoms with Crippen LogP contribution in [0.15, 0.2) is 42.5 Å². The molecular weight excluding hydrogens is 262 g/mol. The summed E-state index contributed by atoms with van der Waals surface area (Å²) in [6, 6.07) is 14.2. The zero-order valence-electron chi connectivity index (χ0n) is 11.8. The van der Waals surface area contributed by atoms with Gasteiger partial charge in [-0.2, -0.15) is 0 Å². The standard InChI is InChI=1S/C18H15NO2/c1-21-18(20)12-7-9-16-15(10-12)14-8-6-11-4-2-3-5-13(11)17(14)19-16/h2-5,7,9-10,19H,6,8H2,1H3. The van der Waals surface area contributed by atoms with Crippen molar-refractivity contribution in [2.45, 2.75) is 12.8 Å². The van der Waals surface area contributed by atoms with Crippen molar-refractivity contribution in [1.29, 1.82) is 0 Å². The van der Waals surface area contributed by atoms with E-state index in [0.717, 1.165) is 23.7 Å². The maximum Gasteiger partial charge on any atom is 0.337 e. The predicted octanol–water partition coefficient (Wildman–Crippen LogP) is 3.72. The molecule has 0 bridgehead atoms. The van der Waals surface area contributed by atoms with Gasteiger partial charge in [-0.1, -0.05) is 24.3 Å². The number of methoxy groups -OCH3 is 1. The minimum absolute atomic E-state index is 0.289.